The summed E-state index contributed by atoms with van der Waals surface area (Å²) in [6, 6.07) is 0. The lowest BCUT2D eigenvalue weighted by molar-refractivity contribution is 1.56. The highest BCUT2D eigenvalue weighted by atomic mass is 13.7. The molecular weight excluding hydrogens is 96.1 g/mol. The van der Waals surface area contributed by atoms with Gasteiger partial charge in [-0.2, -0.15) is 0 Å². The predicted octanol–water partition coefficient (Wildman–Crippen LogP) is 2.69. The Labute approximate surface area is 51.2 Å². The standard InChI is InChI=1S/C8H12/c1-4-5-6-7-8(2)3/h4-7H,2H2,1,3H3/b5-4-,7-6?. The number of allylic oxidation sites excluding steroid dienone is 5. The first kappa shape index (κ1) is 7.22. The molecule has 0 heterocycles. The molecule has 0 fully saturated rings. The van der Waals surface area contributed by atoms with Crippen LogP contribution in [0, 0.1) is 0 Å². The minimum absolute atomic E-state index is 1.09. The largest absolute Gasteiger partial charge is 0.0961 e. The molecule has 0 unspecified atom stereocenters. The van der Waals surface area contributed by atoms with Crippen molar-refractivity contribution in [3.05, 3.63) is 36.5 Å². The maximum atomic E-state index is 3.71. The maximum Gasteiger partial charge on any atom is -0.0404 e. The van der Waals surface area contributed by atoms with Crippen molar-refractivity contribution >= 4 is 0 Å². The summed E-state index contributed by atoms with van der Waals surface area (Å²) in [6.07, 6.45) is 7.91. The molecule has 0 aliphatic carbocycles. The smallest absolute Gasteiger partial charge is 0.0404 e. The molecule has 0 nitrogen and oxygen atoms in total. The maximum absolute atomic E-state index is 3.71. The van der Waals surface area contributed by atoms with Crippen molar-refractivity contribution in [2.45, 2.75) is 13.8 Å². The third kappa shape index (κ3) is 5.22. The van der Waals surface area contributed by atoms with Gasteiger partial charge in [-0.15, -0.1) is 0 Å². The van der Waals surface area contributed by atoms with Crippen LogP contribution in [0.5, 0.6) is 0 Å². The zero-order chi connectivity index (χ0) is 6.41. The second-order valence-electron chi connectivity index (χ2n) is 1.73. The summed E-state index contributed by atoms with van der Waals surface area (Å²) in [5.41, 5.74) is 1.09. The van der Waals surface area contributed by atoms with E-state index in [4.69, 9.17) is 0 Å². The summed E-state index contributed by atoms with van der Waals surface area (Å²) in [4.78, 5) is 0. The van der Waals surface area contributed by atoms with Crippen molar-refractivity contribution < 1.29 is 0 Å². The summed E-state index contributed by atoms with van der Waals surface area (Å²) >= 11 is 0. The Bertz CT molecular complexity index is 116. The summed E-state index contributed by atoms with van der Waals surface area (Å²) in [7, 11) is 0. The summed E-state index contributed by atoms with van der Waals surface area (Å²) in [5, 5.41) is 0. The fraction of sp³-hybridized carbons (Fsp3) is 0.250. The first-order chi connectivity index (χ1) is 3.77. The van der Waals surface area contributed by atoms with Gasteiger partial charge in [0.15, 0.2) is 0 Å². The van der Waals surface area contributed by atoms with Gasteiger partial charge in [-0.05, 0) is 13.8 Å². The van der Waals surface area contributed by atoms with Crippen LogP contribution in [0.2, 0.25) is 0 Å². The van der Waals surface area contributed by atoms with Crippen LogP contribution in [-0.4, -0.2) is 0 Å². The molecule has 0 aromatic rings. The Morgan fingerprint density at radius 2 is 2.00 bits per heavy atom. The lowest BCUT2D eigenvalue weighted by Crippen LogP contribution is -1.56. The van der Waals surface area contributed by atoms with Gasteiger partial charge in [-0.25, -0.2) is 0 Å². The number of hydrogen-bond acceptors (Lipinski definition) is 0. The third-order valence-electron chi connectivity index (χ3n) is 0.684. The van der Waals surface area contributed by atoms with E-state index in [1.54, 1.807) is 0 Å². The number of rotatable bonds is 2. The van der Waals surface area contributed by atoms with Gasteiger partial charge in [-0.1, -0.05) is 36.5 Å². The van der Waals surface area contributed by atoms with Crippen molar-refractivity contribution in [3.8, 4) is 0 Å². The van der Waals surface area contributed by atoms with Gasteiger partial charge in [-0.3, -0.25) is 0 Å². The van der Waals surface area contributed by atoms with Gasteiger partial charge >= 0.3 is 0 Å². The van der Waals surface area contributed by atoms with Crippen LogP contribution < -0.4 is 0 Å². The van der Waals surface area contributed by atoms with Gasteiger partial charge in [0.05, 0.1) is 0 Å². The minimum Gasteiger partial charge on any atom is -0.0961 e. The van der Waals surface area contributed by atoms with Crippen LogP contribution in [-0.2, 0) is 0 Å². The van der Waals surface area contributed by atoms with Crippen LogP contribution in [0.25, 0.3) is 0 Å². The van der Waals surface area contributed by atoms with Crippen molar-refractivity contribution in [3.63, 3.8) is 0 Å². The first-order valence-electron chi connectivity index (χ1n) is 2.72. The van der Waals surface area contributed by atoms with Gasteiger partial charge in [0.1, 0.15) is 0 Å². The number of hydrogen-bond donors (Lipinski definition) is 0. The summed E-state index contributed by atoms with van der Waals surface area (Å²) in [6.45, 7) is 7.67. The Morgan fingerprint density at radius 3 is 2.38 bits per heavy atom. The van der Waals surface area contributed by atoms with Gasteiger partial charge in [0.25, 0.3) is 0 Å². The molecule has 0 aromatic heterocycles. The Hall–Kier alpha value is -0.780. The molecule has 0 radical (unpaired) electrons. The molecule has 0 N–H and O–H groups in total. The molecule has 0 amide bonds. The molecule has 0 atom stereocenters. The van der Waals surface area contributed by atoms with Gasteiger partial charge < -0.3 is 0 Å². The van der Waals surface area contributed by atoms with E-state index in [2.05, 4.69) is 6.58 Å². The highest BCUT2D eigenvalue weighted by molar-refractivity contribution is 5.16. The quantitative estimate of drug-likeness (QED) is 0.477. The van der Waals surface area contributed by atoms with E-state index in [0.29, 0.717) is 0 Å². The van der Waals surface area contributed by atoms with Crippen LogP contribution in [0.1, 0.15) is 13.8 Å². The molecule has 0 saturated carbocycles. The Kier molecular flexibility index (Phi) is 3.95. The van der Waals surface area contributed by atoms with E-state index in [0.717, 1.165) is 5.57 Å². The molecule has 8 heavy (non-hydrogen) atoms. The van der Waals surface area contributed by atoms with Crippen LogP contribution >= 0.6 is 0 Å². The fourth-order valence-electron chi connectivity index (χ4n) is 0.331. The highest BCUT2D eigenvalue weighted by Crippen LogP contribution is 1.88. The monoisotopic (exact) mass is 108 g/mol. The van der Waals surface area contributed by atoms with Crippen molar-refractivity contribution in [2.24, 2.45) is 0 Å². The van der Waals surface area contributed by atoms with Gasteiger partial charge in [0, 0.05) is 0 Å². The third-order valence-corrected chi connectivity index (χ3v) is 0.684. The molecular formula is C8H12. The van der Waals surface area contributed by atoms with Crippen molar-refractivity contribution in [2.75, 3.05) is 0 Å². The van der Waals surface area contributed by atoms with Gasteiger partial charge in [0.2, 0.25) is 0 Å². The Morgan fingerprint density at radius 1 is 1.38 bits per heavy atom. The topological polar surface area (TPSA) is 0 Å². The van der Waals surface area contributed by atoms with E-state index < -0.39 is 0 Å². The molecule has 0 bridgehead atoms. The Balaban J connectivity index is 3.50. The van der Waals surface area contributed by atoms with E-state index in [-0.39, 0.29) is 0 Å². The van der Waals surface area contributed by atoms with Crippen LogP contribution in [0.4, 0.5) is 0 Å². The summed E-state index contributed by atoms with van der Waals surface area (Å²) in [5.74, 6) is 0. The minimum atomic E-state index is 1.09. The second kappa shape index (κ2) is 4.38. The predicted molar refractivity (Wildman–Crippen MR) is 38.8 cm³/mol. The molecule has 0 aromatic carbocycles. The lowest BCUT2D eigenvalue weighted by atomic mass is 10.3. The first-order valence-corrected chi connectivity index (χ1v) is 2.72. The molecule has 0 saturated heterocycles. The fourth-order valence-corrected chi connectivity index (χ4v) is 0.331. The average molecular weight is 108 g/mol. The molecule has 0 rings (SSSR count). The van der Waals surface area contributed by atoms with E-state index in [1.807, 2.05) is 38.2 Å². The highest BCUT2D eigenvalue weighted by Gasteiger charge is 1.66. The van der Waals surface area contributed by atoms with E-state index in [9.17, 15) is 0 Å². The zero-order valence-corrected chi connectivity index (χ0v) is 5.52. The molecule has 0 aliphatic heterocycles. The molecule has 0 aliphatic rings. The lowest BCUT2D eigenvalue weighted by Gasteiger charge is -1.78. The zero-order valence-electron chi connectivity index (χ0n) is 5.52. The van der Waals surface area contributed by atoms with Crippen LogP contribution in [0.15, 0.2) is 36.5 Å². The van der Waals surface area contributed by atoms with Crippen molar-refractivity contribution in [1.29, 1.82) is 0 Å². The van der Waals surface area contributed by atoms with E-state index >= 15 is 0 Å². The van der Waals surface area contributed by atoms with Crippen LogP contribution in [0.3, 0.4) is 0 Å². The van der Waals surface area contributed by atoms with E-state index in [1.165, 1.54) is 0 Å². The molecule has 44 valence electrons. The SMILES string of the molecule is C=C(C)C=C/C=C\C. The van der Waals surface area contributed by atoms with Crippen molar-refractivity contribution in [1.82, 2.24) is 0 Å². The normalized spacial score (nSPS) is 11.2. The average Bonchev–Trinajstić information content (AvgIpc) is 1.66. The molecule has 0 spiro atoms. The summed E-state index contributed by atoms with van der Waals surface area (Å²) < 4.78 is 0. The molecule has 0 heteroatoms. The second-order valence-corrected chi connectivity index (χ2v) is 1.73.